The second-order valence-corrected chi connectivity index (χ2v) is 6.31. The van der Waals surface area contributed by atoms with Crippen molar-refractivity contribution in [3.8, 4) is 11.5 Å². The summed E-state index contributed by atoms with van der Waals surface area (Å²) in [6.07, 6.45) is 5.84. The van der Waals surface area contributed by atoms with E-state index in [4.69, 9.17) is 21.1 Å². The minimum atomic E-state index is -0.796. The molecule has 2 aliphatic carbocycles. The van der Waals surface area contributed by atoms with Crippen LogP contribution in [-0.4, -0.2) is 24.3 Å². The Labute approximate surface area is 129 Å². The van der Waals surface area contributed by atoms with Gasteiger partial charge in [0.05, 0.1) is 23.7 Å². The SMILES string of the molecule is COc1c(Cl)cc(C2(C(=O)O)CC2)cc1OC1CCCC1. The van der Waals surface area contributed by atoms with E-state index in [1.807, 2.05) is 0 Å². The molecule has 0 heterocycles. The Kier molecular flexibility index (Phi) is 3.74. The van der Waals surface area contributed by atoms with Crippen LogP contribution in [0.2, 0.25) is 5.02 Å². The standard InChI is InChI=1S/C16H19ClO4/c1-20-14-12(17)8-10(16(6-7-16)15(18)19)9-13(14)21-11-4-2-3-5-11/h8-9,11H,2-7H2,1H3,(H,18,19). The maximum absolute atomic E-state index is 11.5. The van der Waals surface area contributed by atoms with Gasteiger partial charge in [-0.15, -0.1) is 0 Å². The lowest BCUT2D eigenvalue weighted by molar-refractivity contribution is -0.140. The van der Waals surface area contributed by atoms with Crippen molar-refractivity contribution < 1.29 is 19.4 Å². The number of ether oxygens (including phenoxy) is 2. The third-order valence-electron chi connectivity index (χ3n) is 4.52. The summed E-state index contributed by atoms with van der Waals surface area (Å²) in [6, 6.07) is 3.49. The first-order chi connectivity index (χ1) is 10.1. The van der Waals surface area contributed by atoms with Crippen molar-refractivity contribution in [2.24, 2.45) is 0 Å². The van der Waals surface area contributed by atoms with E-state index in [-0.39, 0.29) is 6.10 Å². The van der Waals surface area contributed by atoms with Crippen molar-refractivity contribution in [2.75, 3.05) is 7.11 Å². The van der Waals surface area contributed by atoms with Crippen LogP contribution >= 0.6 is 11.6 Å². The third-order valence-corrected chi connectivity index (χ3v) is 4.80. The molecule has 0 saturated heterocycles. The van der Waals surface area contributed by atoms with E-state index >= 15 is 0 Å². The zero-order valence-electron chi connectivity index (χ0n) is 12.0. The zero-order valence-corrected chi connectivity index (χ0v) is 12.8. The number of methoxy groups -OCH3 is 1. The summed E-state index contributed by atoms with van der Waals surface area (Å²) >= 11 is 6.26. The van der Waals surface area contributed by atoms with E-state index in [2.05, 4.69) is 0 Å². The molecule has 2 fully saturated rings. The van der Waals surface area contributed by atoms with E-state index < -0.39 is 11.4 Å². The molecule has 4 nitrogen and oxygen atoms in total. The molecular weight excluding hydrogens is 292 g/mol. The summed E-state index contributed by atoms with van der Waals surface area (Å²) < 4.78 is 11.3. The van der Waals surface area contributed by atoms with Gasteiger partial charge in [0.2, 0.25) is 0 Å². The van der Waals surface area contributed by atoms with Gasteiger partial charge < -0.3 is 14.6 Å². The van der Waals surface area contributed by atoms with Crippen molar-refractivity contribution in [2.45, 2.75) is 50.0 Å². The minimum absolute atomic E-state index is 0.171. The highest BCUT2D eigenvalue weighted by atomic mass is 35.5. The topological polar surface area (TPSA) is 55.8 Å². The molecule has 0 bridgehead atoms. The second kappa shape index (κ2) is 5.41. The summed E-state index contributed by atoms with van der Waals surface area (Å²) in [4.78, 5) is 11.5. The van der Waals surface area contributed by atoms with Crippen LogP contribution in [0.5, 0.6) is 11.5 Å². The van der Waals surface area contributed by atoms with E-state index in [0.717, 1.165) is 12.8 Å². The summed E-state index contributed by atoms with van der Waals surface area (Å²) in [5.74, 6) is 0.267. The first kappa shape index (κ1) is 14.5. The molecule has 3 rings (SSSR count). The number of hydrogen-bond acceptors (Lipinski definition) is 3. The first-order valence-electron chi connectivity index (χ1n) is 7.35. The van der Waals surface area contributed by atoms with E-state index in [1.54, 1.807) is 19.2 Å². The van der Waals surface area contributed by atoms with Crippen LogP contribution in [0.25, 0.3) is 0 Å². The number of carbonyl (C=O) groups is 1. The van der Waals surface area contributed by atoms with Gasteiger partial charge in [0.1, 0.15) is 0 Å². The molecule has 1 aromatic rings. The van der Waals surface area contributed by atoms with Crippen LogP contribution in [0, 0.1) is 0 Å². The summed E-state index contributed by atoms with van der Waals surface area (Å²) in [5, 5.41) is 9.85. The molecule has 0 amide bonds. The van der Waals surface area contributed by atoms with E-state index in [9.17, 15) is 9.90 Å². The van der Waals surface area contributed by atoms with Gasteiger partial charge in [0.25, 0.3) is 0 Å². The average molecular weight is 311 g/mol. The Hall–Kier alpha value is -1.42. The largest absolute Gasteiger partial charge is 0.491 e. The predicted octanol–water partition coefficient (Wildman–Crippen LogP) is 3.79. The van der Waals surface area contributed by atoms with E-state index in [0.29, 0.717) is 34.9 Å². The Bertz CT molecular complexity index is 560. The van der Waals surface area contributed by atoms with Crippen LogP contribution in [0.3, 0.4) is 0 Å². The number of hydrogen-bond donors (Lipinski definition) is 1. The van der Waals surface area contributed by atoms with Gasteiger partial charge in [-0.1, -0.05) is 11.6 Å². The van der Waals surface area contributed by atoms with Crippen LogP contribution in [0.4, 0.5) is 0 Å². The molecule has 0 unspecified atom stereocenters. The minimum Gasteiger partial charge on any atom is -0.491 e. The lowest BCUT2D eigenvalue weighted by Crippen LogP contribution is -2.20. The fourth-order valence-corrected chi connectivity index (χ4v) is 3.35. The molecule has 1 aromatic carbocycles. The highest BCUT2D eigenvalue weighted by Gasteiger charge is 2.52. The van der Waals surface area contributed by atoms with Gasteiger partial charge in [-0.05, 0) is 56.2 Å². The Morgan fingerprint density at radius 1 is 1.33 bits per heavy atom. The molecule has 1 N–H and O–H groups in total. The van der Waals surface area contributed by atoms with Gasteiger partial charge >= 0.3 is 5.97 Å². The van der Waals surface area contributed by atoms with Crippen LogP contribution in [-0.2, 0) is 10.2 Å². The number of halogens is 1. The van der Waals surface area contributed by atoms with Gasteiger partial charge in [-0.2, -0.15) is 0 Å². The molecule has 2 aliphatic rings. The molecule has 2 saturated carbocycles. The Morgan fingerprint density at radius 3 is 2.52 bits per heavy atom. The molecular formula is C16H19ClO4. The van der Waals surface area contributed by atoms with Crippen molar-refractivity contribution >= 4 is 17.6 Å². The zero-order chi connectivity index (χ0) is 15.0. The highest BCUT2D eigenvalue weighted by molar-refractivity contribution is 6.32. The Balaban J connectivity index is 1.96. The number of aliphatic carboxylic acids is 1. The molecule has 0 radical (unpaired) electrons. The lowest BCUT2D eigenvalue weighted by Gasteiger charge is -2.19. The quantitative estimate of drug-likeness (QED) is 0.899. The maximum atomic E-state index is 11.5. The molecule has 0 aliphatic heterocycles. The van der Waals surface area contributed by atoms with Crippen molar-refractivity contribution in [3.63, 3.8) is 0 Å². The third kappa shape index (κ3) is 2.57. The fraction of sp³-hybridized carbons (Fsp3) is 0.562. The number of carboxylic acids is 1. The van der Waals surface area contributed by atoms with Crippen LogP contribution in [0.15, 0.2) is 12.1 Å². The summed E-state index contributed by atoms with van der Waals surface area (Å²) in [6.45, 7) is 0. The molecule has 0 aromatic heterocycles. The van der Waals surface area contributed by atoms with Gasteiger partial charge in [0, 0.05) is 0 Å². The summed E-state index contributed by atoms with van der Waals surface area (Å²) in [7, 11) is 1.55. The molecule has 5 heteroatoms. The predicted molar refractivity (Wildman–Crippen MR) is 79.4 cm³/mol. The molecule has 114 valence electrons. The fourth-order valence-electron chi connectivity index (χ4n) is 3.07. The normalized spacial score (nSPS) is 20.3. The van der Waals surface area contributed by atoms with Crippen molar-refractivity contribution in [3.05, 3.63) is 22.7 Å². The number of rotatable bonds is 5. The highest BCUT2D eigenvalue weighted by Crippen LogP contribution is 2.51. The average Bonchev–Trinajstić information content (AvgIpc) is 3.11. The number of benzene rings is 1. The van der Waals surface area contributed by atoms with Crippen molar-refractivity contribution in [1.82, 2.24) is 0 Å². The van der Waals surface area contributed by atoms with Gasteiger partial charge in [-0.3, -0.25) is 4.79 Å². The monoisotopic (exact) mass is 310 g/mol. The summed E-state index contributed by atoms with van der Waals surface area (Å²) in [5.41, 5.74) is -0.0715. The second-order valence-electron chi connectivity index (χ2n) is 5.90. The molecule has 0 atom stereocenters. The molecule has 21 heavy (non-hydrogen) atoms. The number of carboxylic acid groups (broad SMARTS) is 1. The lowest BCUT2D eigenvalue weighted by atomic mass is 9.95. The van der Waals surface area contributed by atoms with Gasteiger partial charge in [-0.25, -0.2) is 0 Å². The van der Waals surface area contributed by atoms with E-state index in [1.165, 1.54) is 12.8 Å². The van der Waals surface area contributed by atoms with Crippen LogP contribution in [0.1, 0.15) is 44.1 Å². The molecule has 0 spiro atoms. The maximum Gasteiger partial charge on any atom is 0.314 e. The van der Waals surface area contributed by atoms with Crippen LogP contribution < -0.4 is 9.47 Å². The van der Waals surface area contributed by atoms with Gasteiger partial charge in [0.15, 0.2) is 11.5 Å². The van der Waals surface area contributed by atoms with Crippen molar-refractivity contribution in [1.29, 1.82) is 0 Å². The first-order valence-corrected chi connectivity index (χ1v) is 7.73. The smallest absolute Gasteiger partial charge is 0.314 e. The Morgan fingerprint density at radius 2 is 2.00 bits per heavy atom.